The molecule has 0 bridgehead atoms. The molecular weight excluding hydrogens is 183 g/mol. The van der Waals surface area contributed by atoms with Gasteiger partial charge in [-0.3, -0.25) is 5.10 Å². The van der Waals surface area contributed by atoms with Crippen molar-refractivity contribution in [2.24, 2.45) is 0 Å². The number of aromatic nitrogens is 2. The number of hydrogen-bond donors (Lipinski definition) is 1. The van der Waals surface area contributed by atoms with Crippen molar-refractivity contribution in [1.29, 1.82) is 0 Å². The molecule has 0 saturated heterocycles. The molecule has 0 aliphatic rings. The highest BCUT2D eigenvalue weighted by atomic mass is 19.1. The zero-order chi connectivity index (χ0) is 9.97. The standard InChI is InChI=1S/C10H9FN2O/c1-14-10-8(3-2-4-9(10)11)7-5-12-13-6-7/h2-6H,1H3,(H,12,13). The molecule has 0 fully saturated rings. The minimum Gasteiger partial charge on any atom is -0.493 e. The van der Waals surface area contributed by atoms with Crippen LogP contribution in [0.2, 0.25) is 0 Å². The Morgan fingerprint density at radius 2 is 2.29 bits per heavy atom. The number of nitrogens with zero attached hydrogens (tertiary/aromatic N) is 1. The second kappa shape index (κ2) is 3.49. The van der Waals surface area contributed by atoms with Crippen molar-refractivity contribution in [1.82, 2.24) is 10.2 Å². The Morgan fingerprint density at radius 1 is 1.43 bits per heavy atom. The maximum atomic E-state index is 13.3. The van der Waals surface area contributed by atoms with Crippen LogP contribution in [0.5, 0.6) is 5.75 Å². The molecule has 0 spiro atoms. The van der Waals surface area contributed by atoms with E-state index in [0.717, 1.165) is 5.56 Å². The van der Waals surface area contributed by atoms with Gasteiger partial charge in [0, 0.05) is 17.3 Å². The number of para-hydroxylation sites is 1. The predicted octanol–water partition coefficient (Wildman–Crippen LogP) is 2.22. The van der Waals surface area contributed by atoms with E-state index in [4.69, 9.17) is 4.74 Å². The van der Waals surface area contributed by atoms with Gasteiger partial charge in [0.1, 0.15) is 0 Å². The van der Waals surface area contributed by atoms with E-state index in [0.29, 0.717) is 5.56 Å². The van der Waals surface area contributed by atoms with Gasteiger partial charge in [-0.05, 0) is 6.07 Å². The Kier molecular flexibility index (Phi) is 2.18. The molecular formula is C10H9FN2O. The van der Waals surface area contributed by atoms with Crippen LogP contribution in [-0.4, -0.2) is 17.3 Å². The van der Waals surface area contributed by atoms with Crippen molar-refractivity contribution in [2.75, 3.05) is 7.11 Å². The number of nitrogens with one attached hydrogen (secondary N) is 1. The average molecular weight is 192 g/mol. The van der Waals surface area contributed by atoms with Crippen LogP contribution in [0.3, 0.4) is 0 Å². The summed E-state index contributed by atoms with van der Waals surface area (Å²) in [5.74, 6) is -0.125. The lowest BCUT2D eigenvalue weighted by atomic mass is 10.1. The molecule has 14 heavy (non-hydrogen) atoms. The fraction of sp³-hybridized carbons (Fsp3) is 0.100. The fourth-order valence-corrected chi connectivity index (χ4v) is 1.34. The number of aromatic amines is 1. The van der Waals surface area contributed by atoms with E-state index < -0.39 is 0 Å². The molecule has 0 radical (unpaired) electrons. The average Bonchev–Trinajstić information content (AvgIpc) is 2.70. The number of halogens is 1. The zero-order valence-electron chi connectivity index (χ0n) is 7.62. The van der Waals surface area contributed by atoms with Crippen LogP contribution in [0.25, 0.3) is 11.1 Å². The molecule has 0 atom stereocenters. The van der Waals surface area contributed by atoms with Crippen LogP contribution in [0.15, 0.2) is 30.6 Å². The molecule has 1 heterocycles. The minimum atomic E-state index is -0.369. The van der Waals surface area contributed by atoms with E-state index in [9.17, 15) is 4.39 Å². The zero-order valence-corrected chi connectivity index (χ0v) is 7.62. The molecule has 0 saturated carbocycles. The third-order valence-electron chi connectivity index (χ3n) is 1.98. The van der Waals surface area contributed by atoms with Crippen molar-refractivity contribution in [3.63, 3.8) is 0 Å². The van der Waals surface area contributed by atoms with Gasteiger partial charge in [0.2, 0.25) is 0 Å². The molecule has 0 aliphatic heterocycles. The SMILES string of the molecule is COc1c(F)cccc1-c1cn[nH]c1. The number of rotatable bonds is 2. The number of ether oxygens (including phenoxy) is 1. The predicted molar refractivity (Wildman–Crippen MR) is 50.5 cm³/mol. The summed E-state index contributed by atoms with van der Waals surface area (Å²) >= 11 is 0. The van der Waals surface area contributed by atoms with E-state index in [-0.39, 0.29) is 11.6 Å². The van der Waals surface area contributed by atoms with Gasteiger partial charge in [-0.15, -0.1) is 0 Å². The van der Waals surface area contributed by atoms with Crippen molar-refractivity contribution in [3.8, 4) is 16.9 Å². The Hall–Kier alpha value is -1.84. The van der Waals surface area contributed by atoms with E-state index in [2.05, 4.69) is 10.2 Å². The molecule has 72 valence electrons. The first-order chi connectivity index (χ1) is 6.83. The van der Waals surface area contributed by atoms with E-state index in [1.54, 1.807) is 24.5 Å². The summed E-state index contributed by atoms with van der Waals surface area (Å²) in [6, 6.07) is 4.79. The van der Waals surface area contributed by atoms with Gasteiger partial charge in [0.05, 0.1) is 13.3 Å². The maximum absolute atomic E-state index is 13.3. The summed E-state index contributed by atoms with van der Waals surface area (Å²) in [6.07, 6.45) is 3.31. The highest BCUT2D eigenvalue weighted by Crippen LogP contribution is 2.31. The normalized spacial score (nSPS) is 10.1. The topological polar surface area (TPSA) is 37.9 Å². The second-order valence-corrected chi connectivity index (χ2v) is 2.81. The molecule has 1 aromatic carbocycles. The Balaban J connectivity index is 2.58. The quantitative estimate of drug-likeness (QED) is 0.792. The van der Waals surface area contributed by atoms with E-state index in [1.165, 1.54) is 13.2 Å². The number of benzene rings is 1. The summed E-state index contributed by atoms with van der Waals surface area (Å²) in [5, 5.41) is 6.47. The minimum absolute atomic E-state index is 0.244. The molecule has 2 rings (SSSR count). The molecule has 4 heteroatoms. The van der Waals surface area contributed by atoms with Crippen molar-refractivity contribution >= 4 is 0 Å². The monoisotopic (exact) mass is 192 g/mol. The van der Waals surface area contributed by atoms with Crippen LogP contribution >= 0.6 is 0 Å². The van der Waals surface area contributed by atoms with Crippen LogP contribution in [-0.2, 0) is 0 Å². The lowest BCUT2D eigenvalue weighted by Gasteiger charge is -2.06. The first-order valence-electron chi connectivity index (χ1n) is 4.14. The molecule has 0 aliphatic carbocycles. The Labute approximate surface area is 80.5 Å². The van der Waals surface area contributed by atoms with Crippen LogP contribution in [0.4, 0.5) is 4.39 Å². The van der Waals surface area contributed by atoms with Gasteiger partial charge in [-0.2, -0.15) is 5.10 Å². The molecule has 0 amide bonds. The summed E-state index contributed by atoms with van der Waals surface area (Å²) in [6.45, 7) is 0. The smallest absolute Gasteiger partial charge is 0.165 e. The summed E-state index contributed by atoms with van der Waals surface area (Å²) < 4.78 is 18.3. The largest absolute Gasteiger partial charge is 0.493 e. The lowest BCUT2D eigenvalue weighted by Crippen LogP contribution is -1.90. The van der Waals surface area contributed by atoms with Crippen LogP contribution in [0.1, 0.15) is 0 Å². The van der Waals surface area contributed by atoms with Gasteiger partial charge < -0.3 is 4.74 Å². The van der Waals surface area contributed by atoms with Crippen molar-refractivity contribution in [3.05, 3.63) is 36.4 Å². The van der Waals surface area contributed by atoms with Gasteiger partial charge in [0.15, 0.2) is 11.6 Å². The molecule has 3 nitrogen and oxygen atoms in total. The fourth-order valence-electron chi connectivity index (χ4n) is 1.34. The van der Waals surface area contributed by atoms with E-state index in [1.807, 2.05) is 0 Å². The van der Waals surface area contributed by atoms with Gasteiger partial charge in [-0.25, -0.2) is 4.39 Å². The molecule has 1 N–H and O–H groups in total. The number of hydrogen-bond acceptors (Lipinski definition) is 2. The van der Waals surface area contributed by atoms with Gasteiger partial charge >= 0.3 is 0 Å². The maximum Gasteiger partial charge on any atom is 0.165 e. The van der Waals surface area contributed by atoms with Gasteiger partial charge in [0.25, 0.3) is 0 Å². The number of H-pyrrole nitrogens is 1. The molecule has 1 aromatic heterocycles. The first kappa shape index (κ1) is 8.74. The first-order valence-corrected chi connectivity index (χ1v) is 4.14. The summed E-state index contributed by atoms with van der Waals surface area (Å²) in [5.41, 5.74) is 1.50. The summed E-state index contributed by atoms with van der Waals surface area (Å²) in [4.78, 5) is 0. The van der Waals surface area contributed by atoms with Crippen LogP contribution in [0, 0.1) is 5.82 Å². The van der Waals surface area contributed by atoms with Gasteiger partial charge in [-0.1, -0.05) is 12.1 Å². The highest BCUT2D eigenvalue weighted by molar-refractivity contribution is 5.69. The third-order valence-corrected chi connectivity index (χ3v) is 1.98. The van der Waals surface area contributed by atoms with Crippen LogP contribution < -0.4 is 4.74 Å². The van der Waals surface area contributed by atoms with Crippen molar-refractivity contribution in [2.45, 2.75) is 0 Å². The number of methoxy groups -OCH3 is 1. The molecule has 2 aromatic rings. The Bertz CT molecular complexity index is 426. The van der Waals surface area contributed by atoms with E-state index >= 15 is 0 Å². The Morgan fingerprint density at radius 3 is 2.93 bits per heavy atom. The third kappa shape index (κ3) is 1.35. The highest BCUT2D eigenvalue weighted by Gasteiger charge is 2.10. The molecule has 0 unspecified atom stereocenters. The van der Waals surface area contributed by atoms with Crippen molar-refractivity contribution < 1.29 is 9.13 Å². The summed E-state index contributed by atoms with van der Waals surface area (Å²) in [7, 11) is 1.45. The second-order valence-electron chi connectivity index (χ2n) is 2.81. The lowest BCUT2D eigenvalue weighted by molar-refractivity contribution is 0.388.